The topological polar surface area (TPSA) is 48.9 Å². The van der Waals surface area contributed by atoms with Gasteiger partial charge in [-0.3, -0.25) is 0 Å². The summed E-state index contributed by atoms with van der Waals surface area (Å²) in [5.74, 6) is 0.304. The SMILES string of the molecule is Cc1ccc(C2=CC(c3ccccc3O)[NH2+]C(c3ccccc3Cl)N2)cc1. The van der Waals surface area contributed by atoms with Crippen LogP contribution in [-0.2, 0) is 0 Å². The molecule has 27 heavy (non-hydrogen) atoms. The van der Waals surface area contributed by atoms with Gasteiger partial charge in [-0.1, -0.05) is 65.7 Å². The van der Waals surface area contributed by atoms with Crippen molar-refractivity contribution in [2.24, 2.45) is 0 Å². The second kappa shape index (κ2) is 7.47. The summed E-state index contributed by atoms with van der Waals surface area (Å²) in [6.45, 7) is 2.08. The van der Waals surface area contributed by atoms with Gasteiger partial charge < -0.3 is 15.7 Å². The third-order valence-corrected chi connectivity index (χ3v) is 5.30. The standard InChI is InChI=1S/C23H21ClN2O/c1-15-10-12-16(13-11-15)20-14-21(18-7-3-5-9-22(18)27)26-23(25-20)17-6-2-4-8-19(17)24/h2-14,21,23,25-27H,1H3/p+1. The molecule has 0 radical (unpaired) electrons. The van der Waals surface area contributed by atoms with E-state index in [1.165, 1.54) is 5.56 Å². The molecular formula is C23H22ClN2O+. The van der Waals surface area contributed by atoms with Gasteiger partial charge in [-0.05, 0) is 36.8 Å². The third-order valence-electron chi connectivity index (χ3n) is 4.96. The predicted molar refractivity (Wildman–Crippen MR) is 109 cm³/mol. The Morgan fingerprint density at radius 2 is 1.56 bits per heavy atom. The molecule has 0 saturated carbocycles. The van der Waals surface area contributed by atoms with E-state index in [9.17, 15) is 5.11 Å². The monoisotopic (exact) mass is 377 g/mol. The van der Waals surface area contributed by atoms with Crippen LogP contribution in [0.25, 0.3) is 5.70 Å². The fourth-order valence-electron chi connectivity index (χ4n) is 3.49. The van der Waals surface area contributed by atoms with Gasteiger partial charge in [0.05, 0.1) is 10.6 Å². The van der Waals surface area contributed by atoms with Gasteiger partial charge in [0.25, 0.3) is 0 Å². The summed E-state index contributed by atoms with van der Waals surface area (Å²) in [4.78, 5) is 0. The van der Waals surface area contributed by atoms with Crippen LogP contribution in [0.1, 0.15) is 34.5 Å². The summed E-state index contributed by atoms with van der Waals surface area (Å²) in [6.07, 6.45) is 2.11. The molecule has 0 aromatic heterocycles. The molecule has 3 aromatic rings. The molecule has 1 aliphatic rings. The number of phenols is 1. The highest BCUT2D eigenvalue weighted by Gasteiger charge is 2.30. The Hall–Kier alpha value is -2.75. The molecule has 0 spiro atoms. The lowest BCUT2D eigenvalue weighted by Crippen LogP contribution is -2.89. The first-order valence-corrected chi connectivity index (χ1v) is 9.42. The van der Waals surface area contributed by atoms with Crippen LogP contribution < -0.4 is 10.6 Å². The number of aryl methyl sites for hydroxylation is 1. The average molecular weight is 378 g/mol. The number of para-hydroxylation sites is 1. The number of nitrogens with one attached hydrogen (secondary N) is 1. The zero-order chi connectivity index (χ0) is 18.8. The highest BCUT2D eigenvalue weighted by molar-refractivity contribution is 6.31. The third kappa shape index (κ3) is 3.70. The van der Waals surface area contributed by atoms with Gasteiger partial charge in [-0.15, -0.1) is 0 Å². The maximum atomic E-state index is 10.4. The number of quaternary nitrogens is 1. The summed E-state index contributed by atoms with van der Waals surface area (Å²) < 4.78 is 0. The normalized spacial score (nSPS) is 19.3. The lowest BCUT2D eigenvalue weighted by atomic mass is 9.97. The van der Waals surface area contributed by atoms with E-state index >= 15 is 0 Å². The van der Waals surface area contributed by atoms with Crippen LogP contribution in [0.15, 0.2) is 78.9 Å². The van der Waals surface area contributed by atoms with Crippen LogP contribution in [0.2, 0.25) is 5.02 Å². The number of nitrogens with two attached hydrogens (primary N) is 1. The molecular weight excluding hydrogens is 356 g/mol. The van der Waals surface area contributed by atoms with Crippen molar-refractivity contribution in [1.29, 1.82) is 0 Å². The fourth-order valence-corrected chi connectivity index (χ4v) is 3.74. The molecule has 0 fully saturated rings. The van der Waals surface area contributed by atoms with E-state index in [1.54, 1.807) is 6.07 Å². The van der Waals surface area contributed by atoms with Gasteiger partial charge in [-0.25, -0.2) is 0 Å². The quantitative estimate of drug-likeness (QED) is 0.637. The van der Waals surface area contributed by atoms with Crippen LogP contribution >= 0.6 is 11.6 Å². The highest BCUT2D eigenvalue weighted by Crippen LogP contribution is 2.30. The Morgan fingerprint density at radius 1 is 0.889 bits per heavy atom. The van der Waals surface area contributed by atoms with Gasteiger partial charge in [0, 0.05) is 17.3 Å². The number of rotatable bonds is 3. The number of phenolic OH excluding ortho intramolecular Hbond substituents is 1. The van der Waals surface area contributed by atoms with E-state index in [4.69, 9.17) is 11.6 Å². The molecule has 4 heteroatoms. The molecule has 1 heterocycles. The van der Waals surface area contributed by atoms with Crippen LogP contribution in [0.4, 0.5) is 0 Å². The molecule has 0 amide bonds. The van der Waals surface area contributed by atoms with Crippen LogP contribution in [0.5, 0.6) is 5.75 Å². The number of hydrogen-bond acceptors (Lipinski definition) is 2. The van der Waals surface area contributed by atoms with Crippen LogP contribution in [0.3, 0.4) is 0 Å². The molecule has 0 bridgehead atoms. The van der Waals surface area contributed by atoms with Gasteiger partial charge >= 0.3 is 0 Å². The van der Waals surface area contributed by atoms with Gasteiger partial charge in [0.2, 0.25) is 0 Å². The first kappa shape index (κ1) is 17.7. The Labute approximate surface area is 164 Å². The van der Waals surface area contributed by atoms with E-state index in [-0.39, 0.29) is 12.2 Å². The van der Waals surface area contributed by atoms with Crippen molar-refractivity contribution < 1.29 is 10.4 Å². The summed E-state index contributed by atoms with van der Waals surface area (Å²) in [5.41, 5.74) is 5.29. The molecule has 0 saturated heterocycles. The lowest BCUT2D eigenvalue weighted by molar-refractivity contribution is -0.731. The largest absolute Gasteiger partial charge is 0.507 e. The van der Waals surface area contributed by atoms with E-state index in [2.05, 4.69) is 47.9 Å². The van der Waals surface area contributed by atoms with Gasteiger partial charge in [0.15, 0.2) is 6.17 Å². The maximum absolute atomic E-state index is 10.4. The second-order valence-electron chi connectivity index (χ2n) is 6.87. The minimum absolute atomic E-state index is 0.0231. The molecule has 2 unspecified atom stereocenters. The van der Waals surface area contributed by atoms with E-state index in [0.29, 0.717) is 5.75 Å². The van der Waals surface area contributed by atoms with E-state index in [1.807, 2.05) is 42.5 Å². The van der Waals surface area contributed by atoms with Crippen molar-refractivity contribution in [2.75, 3.05) is 0 Å². The molecule has 136 valence electrons. The van der Waals surface area contributed by atoms with Crippen molar-refractivity contribution >= 4 is 17.3 Å². The Kier molecular flexibility index (Phi) is 4.88. The van der Waals surface area contributed by atoms with Crippen LogP contribution in [-0.4, -0.2) is 5.11 Å². The number of hydrogen-bond donors (Lipinski definition) is 3. The Balaban J connectivity index is 1.78. The van der Waals surface area contributed by atoms with Gasteiger partial charge in [0.1, 0.15) is 11.8 Å². The Morgan fingerprint density at radius 3 is 2.26 bits per heavy atom. The maximum Gasteiger partial charge on any atom is 0.188 e. The molecule has 1 aliphatic heterocycles. The lowest BCUT2D eigenvalue weighted by Gasteiger charge is -2.30. The smallest absolute Gasteiger partial charge is 0.188 e. The molecule has 4 N–H and O–H groups in total. The Bertz CT molecular complexity index is 982. The van der Waals surface area contributed by atoms with Crippen molar-refractivity contribution in [3.05, 3.63) is 106 Å². The second-order valence-corrected chi connectivity index (χ2v) is 7.27. The zero-order valence-electron chi connectivity index (χ0n) is 15.1. The average Bonchev–Trinajstić information content (AvgIpc) is 2.69. The highest BCUT2D eigenvalue weighted by atomic mass is 35.5. The number of aromatic hydroxyl groups is 1. The molecule has 0 aliphatic carbocycles. The first-order valence-electron chi connectivity index (χ1n) is 9.04. The summed E-state index contributed by atoms with van der Waals surface area (Å²) >= 11 is 6.47. The summed E-state index contributed by atoms with van der Waals surface area (Å²) in [7, 11) is 0. The van der Waals surface area contributed by atoms with Crippen molar-refractivity contribution in [2.45, 2.75) is 19.1 Å². The van der Waals surface area contributed by atoms with E-state index in [0.717, 1.165) is 27.4 Å². The van der Waals surface area contributed by atoms with E-state index < -0.39 is 0 Å². The fraction of sp³-hybridized carbons (Fsp3) is 0.130. The summed E-state index contributed by atoms with van der Waals surface area (Å²) in [5, 5.41) is 16.9. The predicted octanol–water partition coefficient (Wildman–Crippen LogP) is 4.30. The molecule has 3 aromatic carbocycles. The first-order chi connectivity index (χ1) is 13.1. The minimum atomic E-state index is -0.0513. The van der Waals surface area contributed by atoms with Crippen molar-refractivity contribution in [3.63, 3.8) is 0 Å². The van der Waals surface area contributed by atoms with Crippen molar-refractivity contribution in [3.8, 4) is 5.75 Å². The molecule has 2 atom stereocenters. The number of benzene rings is 3. The molecule has 4 rings (SSSR count). The number of halogens is 1. The summed E-state index contributed by atoms with van der Waals surface area (Å²) in [6, 6.07) is 23.8. The van der Waals surface area contributed by atoms with Gasteiger partial charge in [-0.2, -0.15) is 0 Å². The van der Waals surface area contributed by atoms with Crippen LogP contribution in [0, 0.1) is 6.92 Å². The zero-order valence-corrected chi connectivity index (χ0v) is 15.8. The molecule has 3 nitrogen and oxygen atoms in total. The minimum Gasteiger partial charge on any atom is -0.507 e. The van der Waals surface area contributed by atoms with Crippen molar-refractivity contribution in [1.82, 2.24) is 5.32 Å².